The van der Waals surface area contributed by atoms with Gasteiger partial charge < -0.3 is 10.1 Å². The van der Waals surface area contributed by atoms with E-state index >= 15 is 0 Å². The standard InChI is InChI=1S/C16H13NO3/c18-14-10-15(17-14)20-13-9-5-4-8-12(13)16(19)11-6-2-1-3-7-11/h1-9,15H,10H2,(H,17,18). The summed E-state index contributed by atoms with van der Waals surface area (Å²) in [4.78, 5) is 23.3. The molecule has 0 aliphatic carbocycles. The topological polar surface area (TPSA) is 55.4 Å². The Hall–Kier alpha value is -2.62. The van der Waals surface area contributed by atoms with E-state index in [0.717, 1.165) is 0 Å². The molecule has 1 saturated heterocycles. The molecule has 0 bridgehead atoms. The normalized spacial score (nSPS) is 17.0. The molecule has 1 aliphatic heterocycles. The van der Waals surface area contributed by atoms with Gasteiger partial charge in [-0.15, -0.1) is 0 Å². The predicted octanol–water partition coefficient (Wildman–Crippen LogP) is 2.14. The van der Waals surface area contributed by atoms with Crippen LogP contribution in [0.1, 0.15) is 22.3 Å². The third-order valence-corrected chi connectivity index (χ3v) is 3.13. The van der Waals surface area contributed by atoms with Gasteiger partial charge >= 0.3 is 0 Å². The van der Waals surface area contributed by atoms with Crippen LogP contribution in [0.15, 0.2) is 54.6 Å². The minimum Gasteiger partial charge on any atom is -0.469 e. The smallest absolute Gasteiger partial charge is 0.228 e. The van der Waals surface area contributed by atoms with Crippen LogP contribution in [0.3, 0.4) is 0 Å². The van der Waals surface area contributed by atoms with E-state index in [0.29, 0.717) is 23.3 Å². The summed E-state index contributed by atoms with van der Waals surface area (Å²) in [5.74, 6) is 0.361. The molecule has 2 aromatic carbocycles. The lowest BCUT2D eigenvalue weighted by atomic mass is 10.0. The van der Waals surface area contributed by atoms with Crippen molar-refractivity contribution >= 4 is 11.7 Å². The first-order valence-corrected chi connectivity index (χ1v) is 6.39. The van der Waals surface area contributed by atoms with E-state index in [2.05, 4.69) is 5.32 Å². The number of ketones is 1. The van der Waals surface area contributed by atoms with Crippen molar-refractivity contribution in [1.82, 2.24) is 5.32 Å². The van der Waals surface area contributed by atoms with Crippen LogP contribution in [0.4, 0.5) is 0 Å². The monoisotopic (exact) mass is 267 g/mol. The number of para-hydroxylation sites is 1. The Morgan fingerprint density at radius 3 is 2.40 bits per heavy atom. The molecule has 3 rings (SSSR count). The molecule has 100 valence electrons. The second-order valence-corrected chi connectivity index (χ2v) is 4.57. The molecule has 4 heteroatoms. The molecule has 20 heavy (non-hydrogen) atoms. The molecular weight excluding hydrogens is 254 g/mol. The number of hydrogen-bond acceptors (Lipinski definition) is 3. The maximum atomic E-state index is 12.5. The van der Waals surface area contributed by atoms with Gasteiger partial charge in [-0.1, -0.05) is 42.5 Å². The van der Waals surface area contributed by atoms with Gasteiger partial charge in [-0.05, 0) is 12.1 Å². The minimum absolute atomic E-state index is 0.0399. The summed E-state index contributed by atoms with van der Waals surface area (Å²) in [5, 5.41) is 2.62. The van der Waals surface area contributed by atoms with Gasteiger partial charge in [0.1, 0.15) is 5.75 Å². The third kappa shape index (κ3) is 2.40. The van der Waals surface area contributed by atoms with Gasteiger partial charge in [0, 0.05) is 5.56 Å². The highest BCUT2D eigenvalue weighted by atomic mass is 16.5. The predicted molar refractivity (Wildman–Crippen MR) is 73.5 cm³/mol. The highest BCUT2D eigenvalue weighted by molar-refractivity contribution is 6.10. The lowest BCUT2D eigenvalue weighted by molar-refractivity contribution is -0.134. The number of rotatable bonds is 4. The van der Waals surface area contributed by atoms with E-state index in [1.165, 1.54) is 0 Å². The highest BCUT2D eigenvalue weighted by Gasteiger charge is 2.28. The molecule has 0 saturated carbocycles. The minimum atomic E-state index is -0.341. The molecule has 2 aromatic rings. The summed E-state index contributed by atoms with van der Waals surface area (Å²) in [6.45, 7) is 0. The van der Waals surface area contributed by atoms with Crippen molar-refractivity contribution in [2.45, 2.75) is 12.6 Å². The van der Waals surface area contributed by atoms with Crippen molar-refractivity contribution in [1.29, 1.82) is 0 Å². The molecular formula is C16H13NO3. The maximum absolute atomic E-state index is 12.5. The first kappa shape index (κ1) is 12.4. The number of hydrogen-bond donors (Lipinski definition) is 1. The average molecular weight is 267 g/mol. The van der Waals surface area contributed by atoms with Crippen molar-refractivity contribution in [2.24, 2.45) is 0 Å². The number of carbonyl (C=O) groups excluding carboxylic acids is 2. The number of amides is 1. The number of nitrogens with one attached hydrogen (secondary N) is 1. The van der Waals surface area contributed by atoms with E-state index < -0.39 is 0 Å². The fraction of sp³-hybridized carbons (Fsp3) is 0.125. The van der Waals surface area contributed by atoms with Crippen LogP contribution in [-0.2, 0) is 4.79 Å². The van der Waals surface area contributed by atoms with Gasteiger partial charge in [-0.25, -0.2) is 0 Å². The summed E-state index contributed by atoms with van der Waals surface area (Å²) >= 11 is 0. The van der Waals surface area contributed by atoms with Crippen LogP contribution in [0.25, 0.3) is 0 Å². The molecule has 1 N–H and O–H groups in total. The van der Waals surface area contributed by atoms with Crippen molar-refractivity contribution in [2.75, 3.05) is 0 Å². The summed E-state index contributed by atoms with van der Waals surface area (Å²) in [7, 11) is 0. The SMILES string of the molecule is O=C1CC(Oc2ccccc2C(=O)c2ccccc2)N1. The molecule has 1 fully saturated rings. The molecule has 0 aromatic heterocycles. The zero-order valence-electron chi connectivity index (χ0n) is 10.7. The van der Waals surface area contributed by atoms with Crippen molar-refractivity contribution < 1.29 is 14.3 Å². The molecule has 1 amide bonds. The summed E-state index contributed by atoms with van der Waals surface area (Å²) in [6.07, 6.45) is -0.0133. The fourth-order valence-electron chi connectivity index (χ4n) is 2.05. The third-order valence-electron chi connectivity index (χ3n) is 3.13. The molecule has 1 heterocycles. The van der Waals surface area contributed by atoms with E-state index in [9.17, 15) is 9.59 Å². The Kier molecular flexibility index (Phi) is 3.21. The van der Waals surface area contributed by atoms with Gasteiger partial charge in [0.25, 0.3) is 0 Å². The number of β-lactam (4-membered cyclic amide) rings is 1. The number of ether oxygens (including phenoxy) is 1. The summed E-state index contributed by atoms with van der Waals surface area (Å²) < 4.78 is 5.64. The van der Waals surface area contributed by atoms with Gasteiger partial charge in [-0.3, -0.25) is 9.59 Å². The van der Waals surface area contributed by atoms with E-state index in [4.69, 9.17) is 4.74 Å². The van der Waals surface area contributed by atoms with Crippen molar-refractivity contribution in [3.8, 4) is 5.75 Å². The first-order chi connectivity index (χ1) is 9.74. The Morgan fingerprint density at radius 1 is 1.05 bits per heavy atom. The second-order valence-electron chi connectivity index (χ2n) is 4.57. The molecule has 4 nitrogen and oxygen atoms in total. The largest absolute Gasteiger partial charge is 0.469 e. The number of carbonyl (C=O) groups is 2. The van der Waals surface area contributed by atoms with E-state index in [1.54, 1.807) is 36.4 Å². The molecule has 1 atom stereocenters. The zero-order chi connectivity index (χ0) is 13.9. The van der Waals surface area contributed by atoms with Gasteiger partial charge in [0.2, 0.25) is 5.91 Å². The Balaban J connectivity index is 1.86. The lowest BCUT2D eigenvalue weighted by Crippen LogP contribution is -2.52. The van der Waals surface area contributed by atoms with Gasteiger partial charge in [0.05, 0.1) is 12.0 Å². The quantitative estimate of drug-likeness (QED) is 0.682. The molecule has 1 aliphatic rings. The summed E-state index contributed by atoms with van der Waals surface area (Å²) in [6, 6.07) is 16.1. The lowest BCUT2D eigenvalue weighted by Gasteiger charge is -2.28. The van der Waals surface area contributed by atoms with Crippen LogP contribution in [-0.4, -0.2) is 17.9 Å². The Bertz CT molecular complexity index is 644. The summed E-state index contributed by atoms with van der Waals surface area (Å²) in [5.41, 5.74) is 1.11. The van der Waals surface area contributed by atoms with Crippen LogP contribution >= 0.6 is 0 Å². The maximum Gasteiger partial charge on any atom is 0.228 e. The second kappa shape index (κ2) is 5.17. The average Bonchev–Trinajstić information content (AvgIpc) is 2.46. The van der Waals surface area contributed by atoms with Crippen LogP contribution in [0.2, 0.25) is 0 Å². The van der Waals surface area contributed by atoms with Crippen LogP contribution < -0.4 is 10.1 Å². The van der Waals surface area contributed by atoms with Gasteiger partial charge in [-0.2, -0.15) is 0 Å². The van der Waals surface area contributed by atoms with E-state index in [1.807, 2.05) is 18.2 Å². The molecule has 1 unspecified atom stereocenters. The Labute approximate surface area is 116 Å². The van der Waals surface area contributed by atoms with Crippen molar-refractivity contribution in [3.63, 3.8) is 0 Å². The fourth-order valence-corrected chi connectivity index (χ4v) is 2.05. The van der Waals surface area contributed by atoms with Crippen LogP contribution in [0, 0.1) is 0 Å². The Morgan fingerprint density at radius 2 is 1.70 bits per heavy atom. The van der Waals surface area contributed by atoms with Crippen LogP contribution in [0.5, 0.6) is 5.75 Å². The van der Waals surface area contributed by atoms with E-state index in [-0.39, 0.29) is 17.9 Å². The number of benzene rings is 2. The highest BCUT2D eigenvalue weighted by Crippen LogP contribution is 2.24. The molecule has 0 radical (unpaired) electrons. The van der Waals surface area contributed by atoms with Crippen molar-refractivity contribution in [3.05, 3.63) is 65.7 Å². The zero-order valence-corrected chi connectivity index (χ0v) is 10.7. The molecule has 0 spiro atoms. The first-order valence-electron chi connectivity index (χ1n) is 6.39. The van der Waals surface area contributed by atoms with Gasteiger partial charge in [0.15, 0.2) is 12.0 Å².